The summed E-state index contributed by atoms with van der Waals surface area (Å²) < 4.78 is 0. The lowest BCUT2D eigenvalue weighted by atomic mass is 10.0. The van der Waals surface area contributed by atoms with Crippen molar-refractivity contribution in [1.82, 2.24) is 0 Å². The van der Waals surface area contributed by atoms with E-state index in [0.29, 0.717) is 0 Å². The summed E-state index contributed by atoms with van der Waals surface area (Å²) in [6, 6.07) is 8.84. The molecule has 1 aromatic carbocycles. The first-order valence-electron chi connectivity index (χ1n) is 7.51. The second-order valence-corrected chi connectivity index (χ2v) is 7.11. The number of thiophene rings is 1. The molecule has 112 valence electrons. The number of benzene rings is 1. The topological polar surface area (TPSA) is 29.3 Å². The van der Waals surface area contributed by atoms with E-state index in [9.17, 15) is 0 Å². The van der Waals surface area contributed by atoms with E-state index >= 15 is 0 Å². The van der Waals surface area contributed by atoms with Crippen LogP contribution >= 0.6 is 22.9 Å². The summed E-state index contributed by atoms with van der Waals surface area (Å²) in [4.78, 5) is 3.90. The van der Waals surface area contributed by atoms with E-state index in [0.717, 1.165) is 43.1 Å². The van der Waals surface area contributed by atoms with Crippen molar-refractivity contribution in [3.8, 4) is 0 Å². The van der Waals surface area contributed by atoms with Crippen molar-refractivity contribution in [3.63, 3.8) is 0 Å². The third-order valence-electron chi connectivity index (χ3n) is 4.18. The number of halogens is 1. The van der Waals surface area contributed by atoms with Crippen LogP contribution in [0.25, 0.3) is 0 Å². The Morgan fingerprint density at radius 2 is 2.24 bits per heavy atom. The van der Waals surface area contributed by atoms with Crippen LogP contribution in [0.1, 0.15) is 29.3 Å². The Morgan fingerprint density at radius 1 is 1.38 bits per heavy atom. The van der Waals surface area contributed by atoms with Gasteiger partial charge in [0.15, 0.2) is 0 Å². The van der Waals surface area contributed by atoms with E-state index in [1.165, 1.54) is 16.0 Å². The lowest BCUT2D eigenvalue weighted by Gasteiger charge is -2.30. The molecule has 0 aliphatic carbocycles. The minimum absolute atomic E-state index is 0.218. The summed E-state index contributed by atoms with van der Waals surface area (Å²) >= 11 is 8.38. The van der Waals surface area contributed by atoms with E-state index < -0.39 is 0 Å². The van der Waals surface area contributed by atoms with Crippen molar-refractivity contribution in [2.24, 2.45) is 5.73 Å². The summed E-state index contributed by atoms with van der Waals surface area (Å²) in [5, 5.41) is 3.03. The molecular weight excluding hydrogens is 300 g/mol. The van der Waals surface area contributed by atoms with Crippen LogP contribution in [-0.4, -0.2) is 12.6 Å². The van der Waals surface area contributed by atoms with Crippen molar-refractivity contribution in [3.05, 3.63) is 50.7 Å². The highest BCUT2D eigenvalue weighted by Gasteiger charge is 2.19. The summed E-state index contributed by atoms with van der Waals surface area (Å²) in [6.07, 6.45) is 3.00. The van der Waals surface area contributed by atoms with E-state index in [2.05, 4.69) is 41.5 Å². The highest BCUT2D eigenvalue weighted by molar-refractivity contribution is 7.10. The number of nitrogens with zero attached hydrogens (tertiary/aromatic N) is 1. The number of nitrogens with two attached hydrogens (primary N) is 1. The molecule has 0 saturated carbocycles. The van der Waals surface area contributed by atoms with Crippen LogP contribution in [0.4, 0.5) is 5.69 Å². The van der Waals surface area contributed by atoms with Gasteiger partial charge in [-0.1, -0.05) is 24.6 Å². The molecule has 2 nitrogen and oxygen atoms in total. The average Bonchev–Trinajstić information content (AvgIpc) is 2.94. The van der Waals surface area contributed by atoms with Gasteiger partial charge in [0.1, 0.15) is 0 Å². The maximum Gasteiger partial charge on any atom is 0.0642 e. The van der Waals surface area contributed by atoms with Crippen molar-refractivity contribution in [1.29, 1.82) is 0 Å². The van der Waals surface area contributed by atoms with E-state index in [1.807, 2.05) is 11.3 Å². The van der Waals surface area contributed by atoms with Crippen LogP contribution in [0.3, 0.4) is 0 Å². The third kappa shape index (κ3) is 3.25. The van der Waals surface area contributed by atoms with Crippen molar-refractivity contribution in [2.75, 3.05) is 11.4 Å². The number of hydrogen-bond acceptors (Lipinski definition) is 3. The van der Waals surface area contributed by atoms with Crippen LogP contribution in [0.15, 0.2) is 29.6 Å². The van der Waals surface area contributed by atoms with Crippen molar-refractivity contribution < 1.29 is 0 Å². The lowest BCUT2D eigenvalue weighted by molar-refractivity contribution is 0.646. The molecule has 2 aromatic rings. The highest BCUT2D eigenvalue weighted by atomic mass is 35.5. The quantitative estimate of drug-likeness (QED) is 0.912. The zero-order valence-corrected chi connectivity index (χ0v) is 13.9. The Labute approximate surface area is 135 Å². The molecule has 1 unspecified atom stereocenters. The predicted octanol–water partition coefficient (Wildman–Crippen LogP) is 4.24. The Balaban J connectivity index is 1.77. The van der Waals surface area contributed by atoms with E-state index in [4.69, 9.17) is 17.3 Å². The average molecular weight is 321 g/mol. The normalized spacial score (nSPS) is 15.9. The Kier molecular flexibility index (Phi) is 4.53. The molecule has 0 spiro atoms. The molecule has 21 heavy (non-hydrogen) atoms. The molecule has 0 amide bonds. The number of anilines is 1. The molecule has 0 fully saturated rings. The van der Waals surface area contributed by atoms with Gasteiger partial charge >= 0.3 is 0 Å². The fraction of sp³-hybridized carbons (Fsp3) is 0.412. The van der Waals surface area contributed by atoms with Crippen LogP contribution in [0.2, 0.25) is 5.02 Å². The van der Waals surface area contributed by atoms with Gasteiger partial charge in [-0.05, 0) is 54.0 Å². The first-order chi connectivity index (χ1) is 10.2. The minimum atomic E-state index is 0.218. The van der Waals surface area contributed by atoms with Gasteiger partial charge in [0.25, 0.3) is 0 Å². The molecule has 3 rings (SSSR count). The summed E-state index contributed by atoms with van der Waals surface area (Å²) in [6.45, 7) is 4.13. The smallest absolute Gasteiger partial charge is 0.0642 e. The van der Waals surface area contributed by atoms with Crippen LogP contribution < -0.4 is 10.6 Å². The van der Waals surface area contributed by atoms with Gasteiger partial charge in [-0.15, -0.1) is 11.3 Å². The second-order valence-electron chi connectivity index (χ2n) is 5.70. The molecule has 2 heterocycles. The monoisotopic (exact) mass is 320 g/mol. The first kappa shape index (κ1) is 14.9. The number of hydrogen-bond donors (Lipinski definition) is 1. The molecule has 1 atom stereocenters. The fourth-order valence-corrected chi connectivity index (χ4v) is 4.05. The number of fused-ring (bicyclic) bond motifs is 1. The molecule has 1 aromatic heterocycles. The van der Waals surface area contributed by atoms with E-state index in [1.54, 1.807) is 0 Å². The predicted molar refractivity (Wildman–Crippen MR) is 92.5 cm³/mol. The second kappa shape index (κ2) is 6.39. The minimum Gasteiger partial charge on any atom is -0.366 e. The Morgan fingerprint density at radius 3 is 3.00 bits per heavy atom. The standard InChI is InChI=1S/C17H21ClN2S/c1-2-14(19)9-12-3-4-16(15(18)10-12)20-7-5-17-13(11-20)6-8-21-17/h3-4,6,8,10,14H,2,5,7,9,11,19H2,1H3. The zero-order valence-electron chi connectivity index (χ0n) is 12.3. The Bertz CT molecular complexity index is 623. The molecule has 2 N–H and O–H groups in total. The SMILES string of the molecule is CCC(N)Cc1ccc(N2CCc3sccc3C2)c(Cl)c1. The van der Waals surface area contributed by atoms with Crippen LogP contribution in [0, 0.1) is 0 Å². The maximum atomic E-state index is 6.51. The van der Waals surface area contributed by atoms with Gasteiger partial charge < -0.3 is 10.6 Å². The van der Waals surface area contributed by atoms with Gasteiger partial charge in [0.2, 0.25) is 0 Å². The molecule has 0 radical (unpaired) electrons. The van der Waals surface area contributed by atoms with Crippen molar-refractivity contribution in [2.45, 2.75) is 38.8 Å². The third-order valence-corrected chi connectivity index (χ3v) is 5.51. The van der Waals surface area contributed by atoms with Crippen LogP contribution in [0.5, 0.6) is 0 Å². The van der Waals surface area contributed by atoms with Gasteiger partial charge in [-0.3, -0.25) is 0 Å². The molecule has 1 aliphatic rings. The molecule has 4 heteroatoms. The molecular formula is C17H21ClN2S. The zero-order chi connectivity index (χ0) is 14.8. The van der Waals surface area contributed by atoms with Gasteiger partial charge in [0.05, 0.1) is 10.7 Å². The van der Waals surface area contributed by atoms with Crippen LogP contribution in [-0.2, 0) is 19.4 Å². The summed E-state index contributed by atoms with van der Waals surface area (Å²) in [7, 11) is 0. The molecule has 1 aliphatic heterocycles. The van der Waals surface area contributed by atoms with E-state index in [-0.39, 0.29) is 6.04 Å². The Hall–Kier alpha value is -1.03. The molecule has 0 bridgehead atoms. The van der Waals surface area contributed by atoms with Crippen molar-refractivity contribution >= 4 is 28.6 Å². The van der Waals surface area contributed by atoms with Gasteiger partial charge in [-0.25, -0.2) is 0 Å². The summed E-state index contributed by atoms with van der Waals surface area (Å²) in [5.74, 6) is 0. The molecule has 0 saturated heterocycles. The number of rotatable bonds is 4. The largest absolute Gasteiger partial charge is 0.366 e. The highest BCUT2D eigenvalue weighted by Crippen LogP contribution is 2.32. The summed E-state index contributed by atoms with van der Waals surface area (Å²) in [5.41, 5.74) is 9.84. The first-order valence-corrected chi connectivity index (χ1v) is 8.77. The van der Waals surface area contributed by atoms with Gasteiger partial charge in [-0.2, -0.15) is 0 Å². The lowest BCUT2D eigenvalue weighted by Crippen LogP contribution is -2.29. The fourth-order valence-electron chi connectivity index (χ4n) is 2.84. The van der Waals surface area contributed by atoms with Gasteiger partial charge in [0, 0.05) is 24.0 Å². The maximum absolute atomic E-state index is 6.51.